The summed E-state index contributed by atoms with van der Waals surface area (Å²) in [4.78, 5) is 0. The van der Waals surface area contributed by atoms with E-state index >= 15 is 0 Å². The molecule has 0 saturated heterocycles. The van der Waals surface area contributed by atoms with Gasteiger partial charge in [-0.2, -0.15) is 0 Å². The maximum Gasteiger partial charge on any atom is 0.133 e. The number of nitrogens with two attached hydrogens (primary N) is 1. The maximum absolute atomic E-state index is 13.2. The summed E-state index contributed by atoms with van der Waals surface area (Å²) in [6.45, 7) is 0.177. The van der Waals surface area contributed by atoms with E-state index in [0.717, 1.165) is 12.1 Å². The molecule has 0 amide bonds. The first-order valence-corrected chi connectivity index (χ1v) is 4.88. The molecule has 1 rings (SSSR count). The predicted octanol–water partition coefficient (Wildman–Crippen LogP) is 2.11. The molecule has 1 atom stereocenters. The standard InChI is InChI=1S/C9H10BrF2NO/c10-5-3-6(11)9(7(12)4-5)8(14)1-2-13/h3-4,8,14H,1-2,13H2. The molecule has 0 bridgehead atoms. The summed E-state index contributed by atoms with van der Waals surface area (Å²) in [7, 11) is 0. The quantitative estimate of drug-likeness (QED) is 0.880. The molecule has 0 aliphatic carbocycles. The molecule has 0 fully saturated rings. The molecule has 1 aromatic carbocycles. The van der Waals surface area contributed by atoms with Crippen molar-refractivity contribution in [2.45, 2.75) is 12.5 Å². The van der Waals surface area contributed by atoms with Gasteiger partial charge < -0.3 is 10.8 Å². The molecule has 78 valence electrons. The second kappa shape index (κ2) is 4.82. The Morgan fingerprint density at radius 2 is 1.86 bits per heavy atom. The highest BCUT2D eigenvalue weighted by atomic mass is 79.9. The number of hydrogen-bond acceptors (Lipinski definition) is 2. The fourth-order valence-electron chi connectivity index (χ4n) is 1.17. The summed E-state index contributed by atoms with van der Waals surface area (Å²) in [5.41, 5.74) is 4.86. The minimum atomic E-state index is -1.19. The molecule has 14 heavy (non-hydrogen) atoms. The Kier molecular flexibility index (Phi) is 3.97. The fraction of sp³-hybridized carbons (Fsp3) is 0.333. The number of rotatable bonds is 3. The van der Waals surface area contributed by atoms with Crippen molar-refractivity contribution in [3.63, 3.8) is 0 Å². The van der Waals surface area contributed by atoms with Crippen LogP contribution in [0.5, 0.6) is 0 Å². The highest BCUT2D eigenvalue weighted by molar-refractivity contribution is 9.10. The zero-order valence-electron chi connectivity index (χ0n) is 7.30. The van der Waals surface area contributed by atoms with E-state index in [1.807, 2.05) is 0 Å². The first-order valence-electron chi connectivity index (χ1n) is 4.09. The van der Waals surface area contributed by atoms with Gasteiger partial charge in [-0.15, -0.1) is 0 Å². The van der Waals surface area contributed by atoms with Crippen LogP contribution in [0.1, 0.15) is 18.1 Å². The number of benzene rings is 1. The molecule has 3 N–H and O–H groups in total. The number of aliphatic hydroxyl groups is 1. The maximum atomic E-state index is 13.2. The van der Waals surface area contributed by atoms with E-state index in [0.29, 0.717) is 4.47 Å². The summed E-state index contributed by atoms with van der Waals surface area (Å²) < 4.78 is 26.7. The van der Waals surface area contributed by atoms with Crippen molar-refractivity contribution in [2.75, 3.05) is 6.54 Å². The van der Waals surface area contributed by atoms with Crippen LogP contribution in [0, 0.1) is 11.6 Å². The first kappa shape index (κ1) is 11.6. The molecule has 0 spiro atoms. The molecule has 0 radical (unpaired) electrons. The van der Waals surface area contributed by atoms with E-state index in [4.69, 9.17) is 5.73 Å². The van der Waals surface area contributed by atoms with Crippen LogP contribution in [0.4, 0.5) is 8.78 Å². The smallest absolute Gasteiger partial charge is 0.133 e. The zero-order chi connectivity index (χ0) is 10.7. The lowest BCUT2D eigenvalue weighted by molar-refractivity contribution is 0.160. The van der Waals surface area contributed by atoms with Crippen molar-refractivity contribution in [1.29, 1.82) is 0 Å². The van der Waals surface area contributed by atoms with Gasteiger partial charge in [-0.25, -0.2) is 8.78 Å². The van der Waals surface area contributed by atoms with E-state index in [1.54, 1.807) is 0 Å². The van der Waals surface area contributed by atoms with Gasteiger partial charge >= 0.3 is 0 Å². The first-order chi connectivity index (χ1) is 6.56. The van der Waals surface area contributed by atoms with Crippen LogP contribution in [0.15, 0.2) is 16.6 Å². The third-order valence-corrected chi connectivity index (χ3v) is 2.27. The Labute approximate surface area is 88.9 Å². The topological polar surface area (TPSA) is 46.2 Å². The number of hydrogen-bond donors (Lipinski definition) is 2. The zero-order valence-corrected chi connectivity index (χ0v) is 8.89. The molecular weight excluding hydrogens is 256 g/mol. The van der Waals surface area contributed by atoms with Crippen molar-refractivity contribution in [3.8, 4) is 0 Å². The Balaban J connectivity index is 3.07. The van der Waals surface area contributed by atoms with Crippen LogP contribution in [0.2, 0.25) is 0 Å². The number of halogens is 3. The Morgan fingerprint density at radius 3 is 2.29 bits per heavy atom. The van der Waals surface area contributed by atoms with Crippen LogP contribution in [-0.2, 0) is 0 Å². The van der Waals surface area contributed by atoms with Crippen molar-refractivity contribution in [1.82, 2.24) is 0 Å². The average molecular weight is 266 g/mol. The van der Waals surface area contributed by atoms with E-state index in [-0.39, 0.29) is 18.5 Å². The van der Waals surface area contributed by atoms with Gasteiger partial charge in [0.1, 0.15) is 11.6 Å². The molecule has 0 aliphatic rings. The summed E-state index contributed by atoms with van der Waals surface area (Å²) in [6, 6.07) is 2.22. The fourth-order valence-corrected chi connectivity index (χ4v) is 1.58. The van der Waals surface area contributed by atoms with Gasteiger partial charge in [-0.3, -0.25) is 0 Å². The van der Waals surface area contributed by atoms with Crippen LogP contribution < -0.4 is 5.73 Å². The lowest BCUT2D eigenvalue weighted by Crippen LogP contribution is -2.10. The summed E-state index contributed by atoms with van der Waals surface area (Å²) in [6.07, 6.45) is -1.05. The SMILES string of the molecule is NCCC(O)c1c(F)cc(Br)cc1F. The molecular formula is C9H10BrF2NO. The minimum Gasteiger partial charge on any atom is -0.388 e. The summed E-state index contributed by atoms with van der Waals surface area (Å²) >= 11 is 2.95. The third-order valence-electron chi connectivity index (χ3n) is 1.82. The lowest BCUT2D eigenvalue weighted by Gasteiger charge is -2.11. The Hall–Kier alpha value is -0.520. The second-order valence-corrected chi connectivity index (χ2v) is 3.79. The van der Waals surface area contributed by atoms with E-state index < -0.39 is 17.7 Å². The van der Waals surface area contributed by atoms with Gasteiger partial charge in [0.05, 0.1) is 11.7 Å². The average Bonchev–Trinajstić information content (AvgIpc) is 2.01. The van der Waals surface area contributed by atoms with E-state index in [2.05, 4.69) is 15.9 Å². The van der Waals surface area contributed by atoms with Gasteiger partial charge in [0, 0.05) is 4.47 Å². The Morgan fingerprint density at radius 1 is 1.36 bits per heavy atom. The van der Waals surface area contributed by atoms with E-state index in [9.17, 15) is 13.9 Å². The van der Waals surface area contributed by atoms with Gasteiger partial charge in [0.15, 0.2) is 0 Å². The van der Waals surface area contributed by atoms with E-state index in [1.165, 1.54) is 0 Å². The summed E-state index contributed by atoms with van der Waals surface area (Å²) in [5.74, 6) is -1.53. The molecule has 2 nitrogen and oxygen atoms in total. The molecule has 1 unspecified atom stereocenters. The molecule has 0 aliphatic heterocycles. The van der Waals surface area contributed by atoms with Gasteiger partial charge in [-0.05, 0) is 25.1 Å². The molecule has 0 heterocycles. The molecule has 5 heteroatoms. The largest absolute Gasteiger partial charge is 0.388 e. The monoisotopic (exact) mass is 265 g/mol. The van der Waals surface area contributed by atoms with Crippen LogP contribution in [-0.4, -0.2) is 11.7 Å². The van der Waals surface area contributed by atoms with Crippen molar-refractivity contribution >= 4 is 15.9 Å². The number of aliphatic hydroxyl groups excluding tert-OH is 1. The summed E-state index contributed by atoms with van der Waals surface area (Å²) in [5, 5.41) is 9.40. The van der Waals surface area contributed by atoms with Crippen LogP contribution in [0.25, 0.3) is 0 Å². The van der Waals surface area contributed by atoms with Crippen LogP contribution in [0.3, 0.4) is 0 Å². The van der Waals surface area contributed by atoms with Crippen molar-refractivity contribution in [3.05, 3.63) is 33.8 Å². The van der Waals surface area contributed by atoms with Crippen LogP contribution >= 0.6 is 15.9 Å². The second-order valence-electron chi connectivity index (χ2n) is 2.88. The normalized spacial score (nSPS) is 12.9. The highest BCUT2D eigenvalue weighted by Gasteiger charge is 2.17. The van der Waals surface area contributed by atoms with Gasteiger partial charge in [0.25, 0.3) is 0 Å². The van der Waals surface area contributed by atoms with Gasteiger partial charge in [-0.1, -0.05) is 15.9 Å². The predicted molar refractivity (Wildman–Crippen MR) is 52.7 cm³/mol. The van der Waals surface area contributed by atoms with Crippen molar-refractivity contribution in [2.24, 2.45) is 5.73 Å². The highest BCUT2D eigenvalue weighted by Crippen LogP contribution is 2.26. The lowest BCUT2D eigenvalue weighted by atomic mass is 10.1. The van der Waals surface area contributed by atoms with Crippen molar-refractivity contribution < 1.29 is 13.9 Å². The molecule has 1 aromatic rings. The third kappa shape index (κ3) is 2.50. The molecule has 0 aromatic heterocycles. The minimum absolute atomic E-state index is 0.134. The Bertz CT molecular complexity index is 310. The van der Waals surface area contributed by atoms with Gasteiger partial charge in [0.2, 0.25) is 0 Å². The molecule has 0 saturated carbocycles.